The summed E-state index contributed by atoms with van der Waals surface area (Å²) in [7, 11) is 1.95. The second-order valence-corrected chi connectivity index (χ2v) is 5.48. The summed E-state index contributed by atoms with van der Waals surface area (Å²) in [6, 6.07) is 0.653. The first-order chi connectivity index (χ1) is 8.18. The zero-order chi connectivity index (χ0) is 12.3. The smallest absolute Gasteiger partial charge is 0.140 e. The van der Waals surface area contributed by atoms with Crippen LogP contribution in [-0.4, -0.2) is 20.8 Å². The number of hydrogen-bond acceptors (Lipinski definition) is 3. The van der Waals surface area contributed by atoms with Gasteiger partial charge in [0.15, 0.2) is 0 Å². The van der Waals surface area contributed by atoms with Gasteiger partial charge in [-0.15, -0.1) is 0 Å². The van der Waals surface area contributed by atoms with Crippen molar-refractivity contribution >= 4 is 0 Å². The number of nitrogens with zero attached hydrogens (tertiary/aromatic N) is 3. The Kier molecular flexibility index (Phi) is 4.15. The molecular weight excluding hydrogens is 212 g/mol. The first-order valence-electron chi connectivity index (χ1n) is 6.74. The van der Waals surface area contributed by atoms with Crippen LogP contribution in [0.25, 0.3) is 0 Å². The molecule has 96 valence electrons. The molecule has 0 bridgehead atoms. The molecule has 4 heteroatoms. The lowest BCUT2D eigenvalue weighted by atomic mass is 9.78. The molecule has 0 aromatic carbocycles. The van der Waals surface area contributed by atoms with Gasteiger partial charge in [-0.2, -0.15) is 5.10 Å². The summed E-state index contributed by atoms with van der Waals surface area (Å²) in [5.74, 6) is 2.61. The average Bonchev–Trinajstić information content (AvgIpc) is 2.72. The van der Waals surface area contributed by atoms with Crippen LogP contribution < -0.4 is 5.32 Å². The lowest BCUT2D eigenvalue weighted by molar-refractivity contribution is 0.203. The van der Waals surface area contributed by atoms with Gasteiger partial charge in [0.05, 0.1) is 6.54 Å². The van der Waals surface area contributed by atoms with Gasteiger partial charge in [0, 0.05) is 13.1 Å². The van der Waals surface area contributed by atoms with E-state index >= 15 is 0 Å². The predicted octanol–water partition coefficient (Wildman–Crippen LogP) is 2.12. The quantitative estimate of drug-likeness (QED) is 0.870. The molecule has 1 N–H and O–H groups in total. The second kappa shape index (κ2) is 5.63. The number of hydrogen-bond donors (Lipinski definition) is 1. The third-order valence-electron chi connectivity index (χ3n) is 4.00. The summed E-state index contributed by atoms with van der Waals surface area (Å²) >= 11 is 0. The summed E-state index contributed by atoms with van der Waals surface area (Å²) in [6.07, 6.45) is 7.05. The highest BCUT2D eigenvalue weighted by atomic mass is 15.3. The Balaban J connectivity index is 1.90. The van der Waals surface area contributed by atoms with Crippen molar-refractivity contribution in [2.45, 2.75) is 52.1 Å². The molecule has 4 nitrogen and oxygen atoms in total. The minimum Gasteiger partial charge on any atom is -0.307 e. The van der Waals surface area contributed by atoms with E-state index in [9.17, 15) is 0 Å². The maximum atomic E-state index is 4.26. The monoisotopic (exact) mass is 236 g/mol. The van der Waals surface area contributed by atoms with Crippen molar-refractivity contribution in [2.24, 2.45) is 18.9 Å². The first kappa shape index (κ1) is 12.6. The molecule has 1 aliphatic carbocycles. The van der Waals surface area contributed by atoms with Crippen LogP contribution in [0.4, 0.5) is 0 Å². The van der Waals surface area contributed by atoms with Crippen molar-refractivity contribution in [1.82, 2.24) is 20.1 Å². The lowest BCUT2D eigenvalue weighted by Crippen LogP contribution is -2.40. The van der Waals surface area contributed by atoms with Gasteiger partial charge in [0.1, 0.15) is 12.2 Å². The fourth-order valence-electron chi connectivity index (χ4n) is 2.91. The Morgan fingerprint density at radius 1 is 1.41 bits per heavy atom. The number of rotatable bonds is 4. The molecule has 2 rings (SSSR count). The molecule has 1 aliphatic rings. The predicted molar refractivity (Wildman–Crippen MR) is 68.4 cm³/mol. The zero-order valence-corrected chi connectivity index (χ0v) is 11.2. The largest absolute Gasteiger partial charge is 0.307 e. The summed E-state index contributed by atoms with van der Waals surface area (Å²) in [5, 5.41) is 7.77. The van der Waals surface area contributed by atoms with Gasteiger partial charge >= 0.3 is 0 Å². The van der Waals surface area contributed by atoms with E-state index in [-0.39, 0.29) is 0 Å². The van der Waals surface area contributed by atoms with Gasteiger partial charge in [-0.3, -0.25) is 4.68 Å². The van der Waals surface area contributed by atoms with Crippen molar-refractivity contribution in [3.63, 3.8) is 0 Å². The van der Waals surface area contributed by atoms with Crippen LogP contribution in [0.3, 0.4) is 0 Å². The van der Waals surface area contributed by atoms with Gasteiger partial charge in [0.25, 0.3) is 0 Å². The number of nitrogens with one attached hydrogen (secondary N) is 1. The summed E-state index contributed by atoms with van der Waals surface area (Å²) in [5.41, 5.74) is 0. The molecular formula is C13H24N4. The third-order valence-corrected chi connectivity index (χ3v) is 4.00. The first-order valence-corrected chi connectivity index (χ1v) is 6.74. The minimum absolute atomic E-state index is 0.653. The normalized spacial score (nSPS) is 25.4. The van der Waals surface area contributed by atoms with Crippen LogP contribution in [0.5, 0.6) is 0 Å². The summed E-state index contributed by atoms with van der Waals surface area (Å²) in [6.45, 7) is 5.52. The van der Waals surface area contributed by atoms with Crippen LogP contribution in [0.2, 0.25) is 0 Å². The van der Waals surface area contributed by atoms with E-state index in [0.717, 1.165) is 24.2 Å². The van der Waals surface area contributed by atoms with Crippen LogP contribution in [0.1, 0.15) is 45.4 Å². The zero-order valence-electron chi connectivity index (χ0n) is 11.2. The van der Waals surface area contributed by atoms with E-state index < -0.39 is 0 Å². The van der Waals surface area contributed by atoms with Crippen LogP contribution in [-0.2, 0) is 13.6 Å². The fourth-order valence-corrected chi connectivity index (χ4v) is 2.91. The van der Waals surface area contributed by atoms with Crippen molar-refractivity contribution in [2.75, 3.05) is 0 Å². The van der Waals surface area contributed by atoms with Crippen LogP contribution >= 0.6 is 0 Å². The van der Waals surface area contributed by atoms with Crippen LogP contribution in [0, 0.1) is 11.8 Å². The highest BCUT2D eigenvalue weighted by molar-refractivity contribution is 4.87. The average molecular weight is 236 g/mol. The Hall–Kier alpha value is -0.900. The van der Waals surface area contributed by atoms with Crippen LogP contribution in [0.15, 0.2) is 6.33 Å². The molecule has 0 saturated heterocycles. The molecule has 2 unspecified atom stereocenters. The van der Waals surface area contributed by atoms with E-state index in [1.165, 1.54) is 25.7 Å². The van der Waals surface area contributed by atoms with E-state index in [4.69, 9.17) is 0 Å². The summed E-state index contributed by atoms with van der Waals surface area (Å²) in [4.78, 5) is 4.26. The van der Waals surface area contributed by atoms with Crippen molar-refractivity contribution in [3.05, 3.63) is 12.2 Å². The van der Waals surface area contributed by atoms with Crippen molar-refractivity contribution < 1.29 is 0 Å². The highest BCUT2D eigenvalue weighted by Crippen LogP contribution is 2.30. The molecule has 0 amide bonds. The van der Waals surface area contributed by atoms with Gasteiger partial charge in [-0.1, -0.05) is 26.7 Å². The van der Waals surface area contributed by atoms with E-state index in [2.05, 4.69) is 29.2 Å². The van der Waals surface area contributed by atoms with Crippen molar-refractivity contribution in [3.8, 4) is 0 Å². The molecule has 0 radical (unpaired) electrons. The Labute approximate surface area is 104 Å². The van der Waals surface area contributed by atoms with E-state index in [0.29, 0.717) is 6.04 Å². The third kappa shape index (κ3) is 3.06. The summed E-state index contributed by atoms with van der Waals surface area (Å²) < 4.78 is 1.85. The minimum atomic E-state index is 0.653. The lowest BCUT2D eigenvalue weighted by Gasteiger charge is -2.35. The second-order valence-electron chi connectivity index (χ2n) is 5.48. The Bertz CT molecular complexity index is 345. The molecule has 1 fully saturated rings. The van der Waals surface area contributed by atoms with E-state index in [1.54, 1.807) is 6.33 Å². The number of aromatic nitrogens is 3. The highest BCUT2D eigenvalue weighted by Gasteiger charge is 2.27. The molecule has 0 spiro atoms. The maximum absolute atomic E-state index is 4.26. The standard InChI is InChI=1S/C13H24N4/c1-10(2)11-6-4-5-7-12(11)14-8-13-15-9-16-17(13)3/h9-12,14H,4-8H2,1-3H3. The van der Waals surface area contributed by atoms with Gasteiger partial charge < -0.3 is 5.32 Å². The maximum Gasteiger partial charge on any atom is 0.140 e. The molecule has 1 heterocycles. The molecule has 17 heavy (non-hydrogen) atoms. The van der Waals surface area contributed by atoms with E-state index in [1.807, 2.05) is 11.7 Å². The molecule has 0 aliphatic heterocycles. The molecule has 2 atom stereocenters. The van der Waals surface area contributed by atoms with Gasteiger partial charge in [-0.25, -0.2) is 4.98 Å². The van der Waals surface area contributed by atoms with Gasteiger partial charge in [0.2, 0.25) is 0 Å². The molecule has 1 aromatic rings. The fraction of sp³-hybridized carbons (Fsp3) is 0.846. The molecule has 1 aromatic heterocycles. The SMILES string of the molecule is CC(C)C1CCCCC1NCc1ncnn1C. The Morgan fingerprint density at radius 2 is 2.18 bits per heavy atom. The topological polar surface area (TPSA) is 42.7 Å². The molecule has 1 saturated carbocycles. The number of aryl methyl sites for hydroxylation is 1. The van der Waals surface area contributed by atoms with Gasteiger partial charge in [-0.05, 0) is 24.7 Å². The van der Waals surface area contributed by atoms with Crippen molar-refractivity contribution in [1.29, 1.82) is 0 Å². The Morgan fingerprint density at radius 3 is 2.82 bits per heavy atom.